The second kappa shape index (κ2) is 7.06. The van der Waals surface area contributed by atoms with Gasteiger partial charge in [0.05, 0.1) is 6.61 Å². The van der Waals surface area contributed by atoms with Crippen LogP contribution in [0.1, 0.15) is 18.7 Å². The van der Waals surface area contributed by atoms with Crippen molar-refractivity contribution in [3.05, 3.63) is 22.2 Å². The molecular weight excluding hydrogens is 372 g/mol. The summed E-state index contributed by atoms with van der Waals surface area (Å²) in [5.41, 5.74) is 5.47. The van der Waals surface area contributed by atoms with Crippen LogP contribution in [0.25, 0.3) is 0 Å². The van der Waals surface area contributed by atoms with E-state index in [-0.39, 0.29) is 5.82 Å². The van der Waals surface area contributed by atoms with Crippen LogP contribution in [0, 0.1) is 0 Å². The molecule has 2 heterocycles. The molecule has 0 aliphatic carbocycles. The Morgan fingerprint density at radius 2 is 2.13 bits per heavy atom. The van der Waals surface area contributed by atoms with Crippen molar-refractivity contribution in [2.45, 2.75) is 37.9 Å². The number of nitrogen functional groups attached to an aromatic ring is 1. The van der Waals surface area contributed by atoms with Crippen molar-refractivity contribution in [3.8, 4) is 0 Å². The largest absolute Gasteiger partial charge is 0.387 e. The molecule has 0 bridgehead atoms. The molecule has 130 valence electrons. The second-order valence-electron chi connectivity index (χ2n) is 4.95. The SMILES string of the molecule is CCc1cn([C@@H]2O[C@H](COP(=O)(Cl)Cl)C(O)[C@@H]2O)c(=O)nc1N. The smallest absolute Gasteiger partial charge is 0.380 e. The Hall–Kier alpha value is -0.670. The van der Waals surface area contributed by atoms with E-state index in [0.29, 0.717) is 12.0 Å². The van der Waals surface area contributed by atoms with Gasteiger partial charge in [0, 0.05) is 11.8 Å². The summed E-state index contributed by atoms with van der Waals surface area (Å²) in [4.78, 5) is 15.6. The number of aliphatic hydroxyl groups excluding tert-OH is 2. The zero-order valence-corrected chi connectivity index (χ0v) is 14.4. The number of halogens is 2. The first-order valence-corrected chi connectivity index (χ1v) is 10.1. The van der Waals surface area contributed by atoms with Crippen molar-refractivity contribution in [1.29, 1.82) is 0 Å². The van der Waals surface area contributed by atoms with Crippen LogP contribution in [0.4, 0.5) is 5.82 Å². The van der Waals surface area contributed by atoms with Gasteiger partial charge in [0.2, 0.25) is 0 Å². The zero-order chi connectivity index (χ0) is 17.4. The summed E-state index contributed by atoms with van der Waals surface area (Å²) < 4.78 is 22.2. The van der Waals surface area contributed by atoms with E-state index in [4.69, 9.17) is 33.0 Å². The molecule has 23 heavy (non-hydrogen) atoms. The van der Waals surface area contributed by atoms with Gasteiger partial charge in [-0.3, -0.25) is 9.13 Å². The van der Waals surface area contributed by atoms with Gasteiger partial charge in [0.25, 0.3) is 0 Å². The molecule has 1 saturated heterocycles. The van der Waals surface area contributed by atoms with Crippen LogP contribution in [0.5, 0.6) is 0 Å². The number of ether oxygens (including phenoxy) is 1. The first-order valence-electron chi connectivity index (χ1n) is 6.67. The molecule has 1 aliphatic rings. The Kier molecular flexibility index (Phi) is 5.73. The van der Waals surface area contributed by atoms with Crippen LogP contribution in [0.2, 0.25) is 0 Å². The first kappa shape index (κ1) is 18.7. The maximum Gasteiger partial charge on any atom is 0.380 e. The van der Waals surface area contributed by atoms with E-state index in [1.165, 1.54) is 6.20 Å². The third-order valence-electron chi connectivity index (χ3n) is 3.44. The summed E-state index contributed by atoms with van der Waals surface area (Å²) in [6, 6.07) is 0. The highest BCUT2D eigenvalue weighted by Crippen LogP contribution is 2.57. The maximum atomic E-state index is 12.0. The molecule has 1 fully saturated rings. The lowest BCUT2D eigenvalue weighted by molar-refractivity contribution is -0.0507. The molecule has 1 aliphatic heterocycles. The second-order valence-corrected chi connectivity index (χ2v) is 9.23. The molecule has 0 spiro atoms. The van der Waals surface area contributed by atoms with Gasteiger partial charge >= 0.3 is 11.8 Å². The predicted molar refractivity (Wildman–Crippen MR) is 83.5 cm³/mol. The van der Waals surface area contributed by atoms with Gasteiger partial charge in [0.1, 0.15) is 24.1 Å². The Bertz CT molecular complexity index is 680. The van der Waals surface area contributed by atoms with Crippen molar-refractivity contribution in [2.75, 3.05) is 12.3 Å². The van der Waals surface area contributed by atoms with E-state index >= 15 is 0 Å². The average Bonchev–Trinajstić information content (AvgIpc) is 2.73. The van der Waals surface area contributed by atoms with Crippen molar-refractivity contribution < 1.29 is 24.0 Å². The number of hydrogen-bond donors (Lipinski definition) is 3. The molecule has 0 radical (unpaired) electrons. The highest BCUT2D eigenvalue weighted by atomic mass is 35.9. The summed E-state index contributed by atoms with van der Waals surface area (Å²) >= 11 is 10.5. The highest BCUT2D eigenvalue weighted by Gasteiger charge is 2.45. The number of hydrogen-bond acceptors (Lipinski definition) is 8. The molecule has 4 atom stereocenters. The minimum atomic E-state index is -3.81. The molecule has 1 aromatic rings. The third kappa shape index (κ3) is 4.24. The summed E-state index contributed by atoms with van der Waals surface area (Å²) in [6.45, 7) is 1.40. The van der Waals surface area contributed by atoms with E-state index < -0.39 is 42.9 Å². The number of anilines is 1. The maximum absolute atomic E-state index is 12.0. The molecule has 0 amide bonds. The third-order valence-corrected chi connectivity index (χ3v) is 4.48. The van der Waals surface area contributed by atoms with Crippen molar-refractivity contribution in [2.24, 2.45) is 0 Å². The highest BCUT2D eigenvalue weighted by molar-refractivity contribution is 8.05. The monoisotopic (exact) mass is 387 g/mol. The van der Waals surface area contributed by atoms with E-state index in [0.717, 1.165) is 4.57 Å². The topological polar surface area (TPSA) is 137 Å². The fraction of sp³-hybridized carbons (Fsp3) is 0.636. The number of aryl methyl sites for hydroxylation is 1. The number of aromatic nitrogens is 2. The van der Waals surface area contributed by atoms with Crippen LogP contribution in [0.15, 0.2) is 11.0 Å². The number of aliphatic hydroxyl groups is 2. The Balaban J connectivity index is 2.24. The van der Waals surface area contributed by atoms with Gasteiger partial charge in [-0.2, -0.15) is 4.98 Å². The minimum absolute atomic E-state index is 0.0897. The molecule has 9 nitrogen and oxygen atoms in total. The number of nitrogens with two attached hydrogens (primary N) is 1. The molecule has 1 aromatic heterocycles. The normalized spacial score (nSPS) is 28.2. The fourth-order valence-electron chi connectivity index (χ4n) is 2.23. The van der Waals surface area contributed by atoms with Gasteiger partial charge in [-0.15, -0.1) is 0 Å². The quantitative estimate of drug-likeness (QED) is 0.624. The van der Waals surface area contributed by atoms with Crippen LogP contribution in [0.3, 0.4) is 0 Å². The lowest BCUT2D eigenvalue weighted by Crippen LogP contribution is -2.36. The van der Waals surface area contributed by atoms with Crippen LogP contribution in [-0.2, 0) is 20.2 Å². The fourth-order valence-corrected chi connectivity index (χ4v) is 2.89. The van der Waals surface area contributed by atoms with Gasteiger partial charge in [-0.05, 0) is 28.9 Å². The van der Waals surface area contributed by atoms with Crippen molar-refractivity contribution >= 4 is 34.4 Å². The van der Waals surface area contributed by atoms with Crippen molar-refractivity contribution in [1.82, 2.24) is 9.55 Å². The van der Waals surface area contributed by atoms with Crippen LogP contribution in [-0.4, -0.2) is 44.7 Å². The summed E-state index contributed by atoms with van der Waals surface area (Å²) in [7, 11) is 0. The summed E-state index contributed by atoms with van der Waals surface area (Å²) in [5.74, 6) is 0.0897. The van der Waals surface area contributed by atoms with Gasteiger partial charge in [-0.25, -0.2) is 4.79 Å². The molecular formula is C11H16Cl2N3O6P. The number of rotatable bonds is 5. The van der Waals surface area contributed by atoms with E-state index in [1.54, 1.807) is 0 Å². The first-order chi connectivity index (χ1) is 10.6. The average molecular weight is 388 g/mol. The van der Waals surface area contributed by atoms with E-state index in [1.807, 2.05) is 6.92 Å². The lowest BCUT2D eigenvalue weighted by Gasteiger charge is -2.18. The molecule has 1 unspecified atom stereocenters. The molecule has 2 rings (SSSR count). The Morgan fingerprint density at radius 1 is 1.48 bits per heavy atom. The van der Waals surface area contributed by atoms with Gasteiger partial charge in [-0.1, -0.05) is 6.92 Å². The number of nitrogens with zero attached hydrogens (tertiary/aromatic N) is 2. The van der Waals surface area contributed by atoms with E-state index in [9.17, 15) is 19.6 Å². The van der Waals surface area contributed by atoms with Crippen LogP contribution < -0.4 is 11.4 Å². The van der Waals surface area contributed by atoms with Gasteiger partial charge in [0.15, 0.2) is 6.23 Å². The Morgan fingerprint density at radius 3 is 2.70 bits per heavy atom. The zero-order valence-electron chi connectivity index (χ0n) is 12.0. The predicted octanol–water partition coefficient (Wildman–Crippen LogP) is 0.609. The lowest BCUT2D eigenvalue weighted by atomic mass is 10.1. The standard InChI is InChI=1S/C11H16Cl2N3O6P/c1-2-5-3-16(11(19)15-9(5)14)10-8(18)7(17)6(22-10)4-21-23(12,13)20/h3,6-8,10,17-18H,2,4H2,1H3,(H2,14,15,19)/t6-,7?,8+,10-/m1/s1. The van der Waals surface area contributed by atoms with Crippen molar-refractivity contribution in [3.63, 3.8) is 0 Å². The van der Waals surface area contributed by atoms with Gasteiger partial charge < -0.3 is 25.2 Å². The minimum Gasteiger partial charge on any atom is -0.387 e. The van der Waals surface area contributed by atoms with E-state index in [2.05, 4.69) is 9.51 Å². The molecule has 0 saturated carbocycles. The summed E-state index contributed by atoms with van der Waals surface area (Å²) in [5, 5.41) is 20.1. The molecule has 4 N–H and O–H groups in total. The molecule has 12 heteroatoms. The van der Waals surface area contributed by atoms with Crippen LogP contribution >= 0.6 is 28.6 Å². The Labute approximate surface area is 141 Å². The summed E-state index contributed by atoms with van der Waals surface area (Å²) in [6.07, 6.45) is -6.99. The molecule has 0 aromatic carbocycles.